The van der Waals surface area contributed by atoms with Gasteiger partial charge >= 0.3 is 0 Å². The molecule has 0 amide bonds. The Morgan fingerprint density at radius 3 is 3.00 bits per heavy atom. The number of fused-ring (bicyclic) bond motifs is 1. The van der Waals surface area contributed by atoms with E-state index in [2.05, 4.69) is 15.3 Å². The van der Waals surface area contributed by atoms with Crippen molar-refractivity contribution in [3.63, 3.8) is 0 Å². The smallest absolute Gasteiger partial charge is 0.182 e. The number of nitrogens with one attached hydrogen (secondary N) is 1. The lowest BCUT2D eigenvalue weighted by Crippen LogP contribution is -2.13. The number of sulfone groups is 1. The highest BCUT2D eigenvalue weighted by atomic mass is 32.2. The van der Waals surface area contributed by atoms with Crippen molar-refractivity contribution in [3.8, 4) is 0 Å². The van der Waals surface area contributed by atoms with Crippen LogP contribution in [0, 0.1) is 0 Å². The zero-order valence-electron chi connectivity index (χ0n) is 10.5. The number of hydrogen-bond donors (Lipinski definition) is 2. The van der Waals surface area contributed by atoms with Gasteiger partial charge in [0.05, 0.1) is 29.5 Å². The molecule has 0 bridgehead atoms. The predicted octanol–water partition coefficient (Wildman–Crippen LogP) is -0.152. The van der Waals surface area contributed by atoms with Crippen molar-refractivity contribution in [2.45, 2.75) is 19.1 Å². The lowest BCUT2D eigenvalue weighted by Gasteiger charge is -2.07. The second kappa shape index (κ2) is 4.20. The molecule has 3 rings (SSSR count). The molecule has 2 aromatic heterocycles. The molecule has 1 fully saturated rings. The fourth-order valence-electron chi connectivity index (χ4n) is 2.48. The van der Waals surface area contributed by atoms with Crippen LogP contribution in [0.25, 0.3) is 11.0 Å². The van der Waals surface area contributed by atoms with E-state index in [4.69, 9.17) is 10.5 Å². The summed E-state index contributed by atoms with van der Waals surface area (Å²) in [6, 6.07) is -0.180. The van der Waals surface area contributed by atoms with E-state index in [1.54, 1.807) is 11.8 Å². The van der Waals surface area contributed by atoms with Gasteiger partial charge in [-0.15, -0.1) is 0 Å². The van der Waals surface area contributed by atoms with Crippen molar-refractivity contribution in [3.05, 3.63) is 5.69 Å². The van der Waals surface area contributed by atoms with Crippen LogP contribution in [0.4, 0.5) is 5.82 Å². The molecule has 1 aliphatic heterocycles. The second-order valence-electron chi connectivity index (χ2n) is 4.72. The molecule has 1 saturated heterocycles. The van der Waals surface area contributed by atoms with Crippen molar-refractivity contribution in [1.29, 1.82) is 0 Å². The minimum atomic E-state index is -2.97. The van der Waals surface area contributed by atoms with E-state index in [9.17, 15) is 8.42 Å². The van der Waals surface area contributed by atoms with Crippen LogP contribution in [0.2, 0.25) is 0 Å². The lowest BCUT2D eigenvalue weighted by atomic mass is 10.2. The van der Waals surface area contributed by atoms with Gasteiger partial charge in [-0.1, -0.05) is 0 Å². The van der Waals surface area contributed by atoms with Crippen LogP contribution in [0.15, 0.2) is 0 Å². The van der Waals surface area contributed by atoms with Crippen LogP contribution in [-0.4, -0.2) is 47.0 Å². The Hall–Kier alpha value is -1.61. The lowest BCUT2D eigenvalue weighted by molar-refractivity contribution is 0.181. The fraction of sp³-hybridized carbons (Fsp3) is 0.600. The summed E-state index contributed by atoms with van der Waals surface area (Å²) in [5.74, 6) is 0.718. The number of hydrogen-bond acceptors (Lipinski definition) is 6. The number of methoxy groups -OCH3 is 1. The van der Waals surface area contributed by atoms with Gasteiger partial charge in [0.25, 0.3) is 0 Å². The highest BCUT2D eigenvalue weighted by molar-refractivity contribution is 7.91. The number of nitrogens with zero attached hydrogens (tertiary/aromatic N) is 3. The summed E-state index contributed by atoms with van der Waals surface area (Å²) in [6.07, 6.45) is 0.554. The number of rotatable bonds is 3. The first-order valence-electron chi connectivity index (χ1n) is 5.92. The maximum Gasteiger partial charge on any atom is 0.182 e. The van der Waals surface area contributed by atoms with E-state index in [0.29, 0.717) is 35.6 Å². The molecule has 1 aliphatic rings. The average molecular weight is 285 g/mol. The molecule has 0 saturated carbocycles. The minimum Gasteiger partial charge on any atom is -0.383 e. The Bertz CT molecular complexity index is 717. The van der Waals surface area contributed by atoms with E-state index >= 15 is 0 Å². The van der Waals surface area contributed by atoms with Gasteiger partial charge in [0.15, 0.2) is 15.5 Å². The monoisotopic (exact) mass is 285 g/mol. The molecular formula is C10H15N5O3S. The zero-order valence-corrected chi connectivity index (χ0v) is 11.3. The maximum atomic E-state index is 11.6. The third kappa shape index (κ3) is 1.98. The highest BCUT2D eigenvalue weighted by Crippen LogP contribution is 2.30. The minimum absolute atomic E-state index is 0.100. The summed E-state index contributed by atoms with van der Waals surface area (Å²) >= 11 is 0. The molecule has 0 aromatic carbocycles. The predicted molar refractivity (Wildman–Crippen MR) is 69.3 cm³/mol. The zero-order chi connectivity index (χ0) is 13.6. The van der Waals surface area contributed by atoms with Crippen LogP contribution in [-0.2, 0) is 21.2 Å². The highest BCUT2D eigenvalue weighted by Gasteiger charge is 2.32. The molecule has 0 spiro atoms. The van der Waals surface area contributed by atoms with Gasteiger partial charge in [-0.3, -0.25) is 5.10 Å². The van der Waals surface area contributed by atoms with Gasteiger partial charge in [0, 0.05) is 7.11 Å². The molecule has 0 radical (unpaired) electrons. The van der Waals surface area contributed by atoms with Crippen molar-refractivity contribution < 1.29 is 13.2 Å². The molecule has 3 heterocycles. The van der Waals surface area contributed by atoms with Gasteiger partial charge in [-0.2, -0.15) is 10.2 Å². The van der Waals surface area contributed by atoms with E-state index in [0.717, 1.165) is 0 Å². The summed E-state index contributed by atoms with van der Waals surface area (Å²) in [6.45, 7) is 0.312. The number of H-pyrrole nitrogens is 1. The van der Waals surface area contributed by atoms with Crippen molar-refractivity contribution in [2.75, 3.05) is 24.3 Å². The van der Waals surface area contributed by atoms with Crippen LogP contribution < -0.4 is 5.73 Å². The van der Waals surface area contributed by atoms with Crippen LogP contribution in [0.1, 0.15) is 18.2 Å². The average Bonchev–Trinajstić information content (AvgIpc) is 2.97. The van der Waals surface area contributed by atoms with Crippen LogP contribution >= 0.6 is 0 Å². The Balaban J connectivity index is 2.09. The van der Waals surface area contributed by atoms with Gasteiger partial charge in [-0.25, -0.2) is 13.1 Å². The quantitative estimate of drug-likeness (QED) is 0.810. The summed E-state index contributed by atoms with van der Waals surface area (Å²) in [5.41, 5.74) is 7.09. The summed E-state index contributed by atoms with van der Waals surface area (Å²) in [7, 11) is -1.40. The first-order chi connectivity index (χ1) is 9.02. The van der Waals surface area contributed by atoms with Crippen molar-refractivity contribution in [1.82, 2.24) is 20.0 Å². The summed E-state index contributed by atoms with van der Waals surface area (Å²) < 4.78 is 29.9. The molecule has 8 nitrogen and oxygen atoms in total. The van der Waals surface area contributed by atoms with Crippen LogP contribution in [0.3, 0.4) is 0 Å². The second-order valence-corrected chi connectivity index (χ2v) is 6.95. The third-order valence-electron chi connectivity index (χ3n) is 3.34. The van der Waals surface area contributed by atoms with E-state index in [-0.39, 0.29) is 17.5 Å². The standard InChI is InChI=1S/C10H15N5O3S/c1-18-4-7-8-9(11)12-13-10(8)15(14-7)6-2-3-19(16,17)5-6/h6H,2-5H2,1H3,(H3,11,12,13). The van der Waals surface area contributed by atoms with E-state index in [1.165, 1.54) is 0 Å². The van der Waals surface area contributed by atoms with E-state index < -0.39 is 9.84 Å². The first kappa shape index (κ1) is 12.4. The first-order valence-corrected chi connectivity index (χ1v) is 7.74. The molecule has 1 atom stereocenters. The number of aromatic nitrogens is 4. The number of nitrogen functional groups attached to an aromatic ring is 1. The number of anilines is 1. The maximum absolute atomic E-state index is 11.6. The molecular weight excluding hydrogens is 270 g/mol. The summed E-state index contributed by atoms with van der Waals surface area (Å²) in [5, 5.41) is 11.9. The molecule has 19 heavy (non-hydrogen) atoms. The normalized spacial score (nSPS) is 22.3. The van der Waals surface area contributed by atoms with Crippen molar-refractivity contribution >= 4 is 26.7 Å². The molecule has 9 heteroatoms. The Kier molecular flexibility index (Phi) is 2.75. The fourth-order valence-corrected chi connectivity index (χ4v) is 4.18. The third-order valence-corrected chi connectivity index (χ3v) is 5.09. The summed E-state index contributed by atoms with van der Waals surface area (Å²) in [4.78, 5) is 0. The Labute approximate surface area is 109 Å². The number of nitrogens with two attached hydrogens (primary N) is 1. The molecule has 104 valence electrons. The van der Waals surface area contributed by atoms with Gasteiger partial charge in [0.1, 0.15) is 11.5 Å². The Morgan fingerprint density at radius 1 is 1.58 bits per heavy atom. The van der Waals surface area contributed by atoms with Gasteiger partial charge in [-0.05, 0) is 6.42 Å². The molecule has 3 N–H and O–H groups in total. The number of ether oxygens (including phenoxy) is 1. The van der Waals surface area contributed by atoms with E-state index in [1.807, 2.05) is 0 Å². The molecule has 1 unspecified atom stereocenters. The molecule has 2 aromatic rings. The van der Waals surface area contributed by atoms with Crippen LogP contribution in [0.5, 0.6) is 0 Å². The van der Waals surface area contributed by atoms with Gasteiger partial charge in [0.2, 0.25) is 0 Å². The Morgan fingerprint density at radius 2 is 2.37 bits per heavy atom. The topological polar surface area (TPSA) is 116 Å². The van der Waals surface area contributed by atoms with Gasteiger partial charge < -0.3 is 10.5 Å². The largest absolute Gasteiger partial charge is 0.383 e. The molecule has 0 aliphatic carbocycles. The SMILES string of the molecule is COCc1nn(C2CCS(=O)(=O)C2)c2n[nH]c(N)c12. The number of aromatic amines is 1. The van der Waals surface area contributed by atoms with Crippen molar-refractivity contribution in [2.24, 2.45) is 0 Å².